The average Bonchev–Trinajstić information content (AvgIpc) is 3.27. The number of rotatable bonds is 3. The second-order valence-corrected chi connectivity index (χ2v) is 6.60. The molecule has 1 unspecified atom stereocenters. The van der Waals surface area contributed by atoms with Gasteiger partial charge in [0.05, 0.1) is 6.04 Å². The number of halogens is 2. The zero-order valence-corrected chi connectivity index (χ0v) is 14.7. The van der Waals surface area contributed by atoms with E-state index < -0.39 is 5.54 Å². The molecule has 2 N–H and O–H groups in total. The van der Waals surface area contributed by atoms with Crippen LogP contribution in [0.25, 0.3) is 0 Å². The number of fused-ring (bicyclic) bond motifs is 1. The van der Waals surface area contributed by atoms with Crippen molar-refractivity contribution < 1.29 is 9.18 Å². The molecule has 0 saturated carbocycles. The van der Waals surface area contributed by atoms with Crippen LogP contribution < -0.4 is 10.6 Å². The van der Waals surface area contributed by atoms with E-state index in [9.17, 15) is 9.18 Å². The molecule has 134 valence electrons. The van der Waals surface area contributed by atoms with E-state index in [1.807, 2.05) is 18.3 Å². The second kappa shape index (κ2) is 7.14. The number of hydrogen-bond acceptors (Lipinski definition) is 3. The molecular weight excluding hydrogens is 343 g/mol. The first-order chi connectivity index (χ1) is 11.7. The van der Waals surface area contributed by atoms with Crippen molar-refractivity contribution in [2.75, 3.05) is 13.1 Å². The van der Waals surface area contributed by atoms with E-state index in [0.29, 0.717) is 19.3 Å². The molecule has 2 heterocycles. The van der Waals surface area contributed by atoms with E-state index in [0.717, 1.165) is 30.6 Å². The maximum Gasteiger partial charge on any atom is 0.248 e. The highest BCUT2D eigenvalue weighted by Crippen LogP contribution is 2.35. The van der Waals surface area contributed by atoms with Gasteiger partial charge in [-0.2, -0.15) is 5.10 Å². The van der Waals surface area contributed by atoms with Gasteiger partial charge in [0.25, 0.3) is 0 Å². The van der Waals surface area contributed by atoms with Crippen LogP contribution in [0.15, 0.2) is 36.7 Å². The normalized spacial score (nSPS) is 21.2. The van der Waals surface area contributed by atoms with Gasteiger partial charge in [-0.25, -0.2) is 4.39 Å². The Bertz CT molecular complexity index is 744. The number of aromatic nitrogens is 2. The molecular formula is C18H22ClFN4O. The van der Waals surface area contributed by atoms with Crippen molar-refractivity contribution in [2.45, 2.75) is 37.3 Å². The van der Waals surface area contributed by atoms with Crippen LogP contribution in [0.5, 0.6) is 0 Å². The summed E-state index contributed by atoms with van der Waals surface area (Å²) in [6.45, 7) is 1.56. The van der Waals surface area contributed by atoms with Gasteiger partial charge < -0.3 is 10.6 Å². The monoisotopic (exact) mass is 364 g/mol. The SMILES string of the molecule is Cl.O=C(NC1CCc2c(F)cccc21)C1(n2cccn2)CCNCC1. The van der Waals surface area contributed by atoms with Gasteiger partial charge in [0.2, 0.25) is 5.91 Å². The smallest absolute Gasteiger partial charge is 0.248 e. The van der Waals surface area contributed by atoms with Gasteiger partial charge in [-0.05, 0) is 62.0 Å². The summed E-state index contributed by atoms with van der Waals surface area (Å²) in [5.41, 5.74) is 0.985. The lowest BCUT2D eigenvalue weighted by atomic mass is 9.87. The molecule has 1 aromatic heterocycles. The number of hydrogen-bond donors (Lipinski definition) is 2. The van der Waals surface area contributed by atoms with Crippen LogP contribution in [-0.4, -0.2) is 28.8 Å². The first-order valence-electron chi connectivity index (χ1n) is 8.50. The molecule has 1 fully saturated rings. The highest BCUT2D eigenvalue weighted by molar-refractivity contribution is 5.85. The van der Waals surface area contributed by atoms with Crippen molar-refractivity contribution >= 4 is 18.3 Å². The Morgan fingerprint density at radius 2 is 2.12 bits per heavy atom. The van der Waals surface area contributed by atoms with Gasteiger partial charge in [-0.1, -0.05) is 12.1 Å². The second-order valence-electron chi connectivity index (χ2n) is 6.60. The minimum absolute atomic E-state index is 0. The Labute approximate surface area is 152 Å². The Balaban J connectivity index is 0.00000182. The van der Waals surface area contributed by atoms with E-state index in [2.05, 4.69) is 15.7 Å². The number of benzene rings is 1. The van der Waals surface area contributed by atoms with Gasteiger partial charge in [0, 0.05) is 12.4 Å². The summed E-state index contributed by atoms with van der Waals surface area (Å²) in [6, 6.07) is 6.84. The summed E-state index contributed by atoms with van der Waals surface area (Å²) in [5, 5.41) is 10.8. The maximum atomic E-state index is 13.9. The third kappa shape index (κ3) is 3.04. The van der Waals surface area contributed by atoms with Gasteiger partial charge >= 0.3 is 0 Å². The molecule has 1 atom stereocenters. The molecule has 0 radical (unpaired) electrons. The van der Waals surface area contributed by atoms with Crippen LogP contribution in [0.3, 0.4) is 0 Å². The molecule has 2 aliphatic rings. The predicted molar refractivity (Wildman–Crippen MR) is 95.2 cm³/mol. The van der Waals surface area contributed by atoms with Crippen molar-refractivity contribution in [3.63, 3.8) is 0 Å². The van der Waals surface area contributed by atoms with E-state index in [4.69, 9.17) is 0 Å². The molecule has 1 aromatic carbocycles. The standard InChI is InChI=1S/C18H21FN4O.ClH/c19-15-4-1-3-14-13(15)5-6-16(14)22-17(24)18(7-10-20-11-8-18)23-12-2-9-21-23;/h1-4,9,12,16,20H,5-8,10-11H2,(H,22,24);1H. The van der Waals surface area contributed by atoms with Crippen LogP contribution in [-0.2, 0) is 16.8 Å². The fraction of sp³-hybridized carbons (Fsp3) is 0.444. The molecule has 1 saturated heterocycles. The molecule has 25 heavy (non-hydrogen) atoms. The number of carbonyl (C=O) groups is 1. The minimum Gasteiger partial charge on any atom is -0.347 e. The molecule has 0 bridgehead atoms. The molecule has 0 spiro atoms. The largest absolute Gasteiger partial charge is 0.347 e. The summed E-state index contributed by atoms with van der Waals surface area (Å²) in [7, 11) is 0. The highest BCUT2D eigenvalue weighted by atomic mass is 35.5. The number of piperidine rings is 1. The maximum absolute atomic E-state index is 13.9. The van der Waals surface area contributed by atoms with Crippen molar-refractivity contribution in [2.24, 2.45) is 0 Å². The fourth-order valence-electron chi connectivity index (χ4n) is 3.97. The lowest BCUT2D eigenvalue weighted by Gasteiger charge is -2.37. The van der Waals surface area contributed by atoms with Gasteiger partial charge in [0.15, 0.2) is 0 Å². The third-order valence-electron chi connectivity index (χ3n) is 5.32. The first-order valence-corrected chi connectivity index (χ1v) is 8.50. The molecule has 1 aliphatic heterocycles. The van der Waals surface area contributed by atoms with Crippen molar-refractivity contribution in [1.82, 2.24) is 20.4 Å². The molecule has 4 rings (SSSR count). The Morgan fingerprint density at radius 3 is 2.84 bits per heavy atom. The average molecular weight is 365 g/mol. The Morgan fingerprint density at radius 1 is 1.32 bits per heavy atom. The molecule has 1 amide bonds. The summed E-state index contributed by atoms with van der Waals surface area (Å²) in [4.78, 5) is 13.2. The summed E-state index contributed by atoms with van der Waals surface area (Å²) >= 11 is 0. The number of nitrogens with one attached hydrogen (secondary N) is 2. The van der Waals surface area contributed by atoms with E-state index in [1.165, 1.54) is 6.07 Å². The predicted octanol–water partition coefficient (Wildman–Crippen LogP) is 2.33. The van der Waals surface area contributed by atoms with Crippen LogP contribution in [0.2, 0.25) is 0 Å². The quantitative estimate of drug-likeness (QED) is 0.878. The number of nitrogens with zero attached hydrogens (tertiary/aromatic N) is 2. The van der Waals surface area contributed by atoms with Gasteiger partial charge in [-0.15, -0.1) is 12.4 Å². The van der Waals surface area contributed by atoms with Gasteiger partial charge in [0.1, 0.15) is 11.4 Å². The molecule has 1 aliphatic carbocycles. The lowest BCUT2D eigenvalue weighted by Crippen LogP contribution is -2.55. The first kappa shape index (κ1) is 17.9. The third-order valence-corrected chi connectivity index (χ3v) is 5.32. The van der Waals surface area contributed by atoms with Crippen LogP contribution in [0.4, 0.5) is 4.39 Å². The van der Waals surface area contributed by atoms with E-state index in [-0.39, 0.29) is 30.2 Å². The minimum atomic E-state index is -0.662. The van der Waals surface area contributed by atoms with E-state index in [1.54, 1.807) is 16.9 Å². The number of carbonyl (C=O) groups excluding carboxylic acids is 1. The summed E-state index contributed by atoms with van der Waals surface area (Å²) in [6.07, 6.45) is 6.37. The van der Waals surface area contributed by atoms with Crippen LogP contribution in [0, 0.1) is 5.82 Å². The van der Waals surface area contributed by atoms with Crippen molar-refractivity contribution in [3.8, 4) is 0 Å². The topological polar surface area (TPSA) is 59.0 Å². The molecule has 7 heteroatoms. The highest BCUT2D eigenvalue weighted by Gasteiger charge is 2.43. The van der Waals surface area contributed by atoms with E-state index >= 15 is 0 Å². The van der Waals surface area contributed by atoms with Crippen molar-refractivity contribution in [1.29, 1.82) is 0 Å². The zero-order chi connectivity index (χ0) is 16.6. The molecule has 5 nitrogen and oxygen atoms in total. The summed E-state index contributed by atoms with van der Waals surface area (Å²) < 4.78 is 15.7. The fourth-order valence-corrected chi connectivity index (χ4v) is 3.97. The van der Waals surface area contributed by atoms with Crippen LogP contribution in [0.1, 0.15) is 36.4 Å². The van der Waals surface area contributed by atoms with Crippen molar-refractivity contribution in [3.05, 3.63) is 53.6 Å². The summed E-state index contributed by atoms with van der Waals surface area (Å²) in [5.74, 6) is -0.192. The van der Waals surface area contributed by atoms with Crippen LogP contribution >= 0.6 is 12.4 Å². The van der Waals surface area contributed by atoms with Gasteiger partial charge in [-0.3, -0.25) is 9.48 Å². The lowest BCUT2D eigenvalue weighted by molar-refractivity contribution is -0.132. The zero-order valence-electron chi connectivity index (χ0n) is 13.9. The Kier molecular flexibility index (Phi) is 5.11. The number of amides is 1. The Hall–Kier alpha value is -1.92. The molecule has 2 aromatic rings.